The second-order valence-corrected chi connectivity index (χ2v) is 7.00. The molecule has 6 heteroatoms. The number of hydrogen-bond donors (Lipinski definition) is 1. The Balaban J connectivity index is 1.79. The molecule has 0 bridgehead atoms. The van der Waals surface area contributed by atoms with Crippen molar-refractivity contribution in [3.05, 3.63) is 42.7 Å². The van der Waals surface area contributed by atoms with Gasteiger partial charge in [-0.2, -0.15) is 5.10 Å². The first-order valence-corrected chi connectivity index (χ1v) is 8.57. The van der Waals surface area contributed by atoms with E-state index in [-0.39, 0.29) is 5.75 Å². The molecule has 0 saturated carbocycles. The van der Waals surface area contributed by atoms with Crippen molar-refractivity contribution in [2.24, 2.45) is 0 Å². The highest BCUT2D eigenvalue weighted by Crippen LogP contribution is 2.17. The van der Waals surface area contributed by atoms with Gasteiger partial charge < -0.3 is 5.32 Å². The van der Waals surface area contributed by atoms with Crippen LogP contribution in [0.2, 0.25) is 0 Å². The summed E-state index contributed by atoms with van der Waals surface area (Å²) in [6.07, 6.45) is 5.08. The summed E-state index contributed by atoms with van der Waals surface area (Å²) in [6, 6.07) is 10.1. The molecule has 1 aromatic heterocycles. The minimum atomic E-state index is -2.89. The van der Waals surface area contributed by atoms with Crippen molar-refractivity contribution in [3.63, 3.8) is 0 Å². The molecule has 0 amide bonds. The van der Waals surface area contributed by atoms with Crippen LogP contribution in [0.25, 0.3) is 11.1 Å². The second kappa shape index (κ2) is 6.67. The Bertz CT molecular complexity index is 635. The standard InChI is InChI=1S/C14H19N3O2S/c1-20(18,19)10-8-15-7-9-17-12-14(11-16-17)13-5-3-2-4-6-13/h2-6,11-12,15H,7-10H2,1H3. The van der Waals surface area contributed by atoms with Gasteiger partial charge in [-0.05, 0) is 5.56 Å². The monoisotopic (exact) mass is 293 g/mol. The lowest BCUT2D eigenvalue weighted by atomic mass is 10.1. The fourth-order valence-electron chi connectivity index (χ4n) is 1.84. The average Bonchev–Trinajstić information content (AvgIpc) is 2.87. The van der Waals surface area contributed by atoms with Crippen LogP contribution in [0, 0.1) is 0 Å². The van der Waals surface area contributed by atoms with Crippen LogP contribution in [0.1, 0.15) is 0 Å². The maximum Gasteiger partial charge on any atom is 0.148 e. The van der Waals surface area contributed by atoms with E-state index in [1.54, 1.807) is 0 Å². The molecule has 0 radical (unpaired) electrons. The average molecular weight is 293 g/mol. The van der Waals surface area contributed by atoms with Gasteiger partial charge in [0.2, 0.25) is 0 Å². The number of rotatable bonds is 7. The van der Waals surface area contributed by atoms with Gasteiger partial charge in [-0.1, -0.05) is 30.3 Å². The van der Waals surface area contributed by atoms with Crippen LogP contribution < -0.4 is 5.32 Å². The summed E-state index contributed by atoms with van der Waals surface area (Å²) in [5.41, 5.74) is 2.23. The predicted molar refractivity (Wildman–Crippen MR) is 80.2 cm³/mol. The zero-order valence-corrected chi connectivity index (χ0v) is 12.3. The van der Waals surface area contributed by atoms with Crippen LogP contribution in [0.5, 0.6) is 0 Å². The molecule has 1 N–H and O–H groups in total. The summed E-state index contributed by atoms with van der Waals surface area (Å²) in [7, 11) is -2.89. The molecule has 0 aliphatic rings. The SMILES string of the molecule is CS(=O)(=O)CCNCCn1cc(-c2ccccc2)cn1. The maximum absolute atomic E-state index is 11.0. The number of aromatic nitrogens is 2. The van der Waals surface area contributed by atoms with Gasteiger partial charge in [0.1, 0.15) is 9.84 Å². The molecule has 0 atom stereocenters. The second-order valence-electron chi connectivity index (χ2n) is 4.74. The van der Waals surface area contributed by atoms with E-state index >= 15 is 0 Å². The quantitative estimate of drug-likeness (QED) is 0.779. The van der Waals surface area contributed by atoms with Crippen LogP contribution in [-0.2, 0) is 16.4 Å². The van der Waals surface area contributed by atoms with Gasteiger partial charge in [0.25, 0.3) is 0 Å². The Morgan fingerprint density at radius 2 is 1.90 bits per heavy atom. The Hall–Kier alpha value is -1.66. The normalized spacial score (nSPS) is 11.7. The smallest absolute Gasteiger partial charge is 0.148 e. The molecule has 0 fully saturated rings. The fourth-order valence-corrected chi connectivity index (χ4v) is 2.36. The maximum atomic E-state index is 11.0. The molecule has 2 rings (SSSR count). The Labute approximate surface area is 119 Å². The summed E-state index contributed by atoms with van der Waals surface area (Å²) in [5, 5.41) is 7.40. The zero-order valence-electron chi connectivity index (χ0n) is 11.5. The van der Waals surface area contributed by atoms with Crippen molar-refractivity contribution < 1.29 is 8.42 Å². The van der Waals surface area contributed by atoms with Gasteiger partial charge in [0, 0.05) is 31.1 Å². The van der Waals surface area contributed by atoms with Crippen molar-refractivity contribution in [1.29, 1.82) is 0 Å². The third-order valence-electron chi connectivity index (χ3n) is 2.91. The van der Waals surface area contributed by atoms with Gasteiger partial charge in [0.15, 0.2) is 0 Å². The largest absolute Gasteiger partial charge is 0.314 e. The van der Waals surface area contributed by atoms with Crippen LogP contribution in [0.4, 0.5) is 0 Å². The molecule has 20 heavy (non-hydrogen) atoms. The number of hydrogen-bond acceptors (Lipinski definition) is 4. The van der Waals surface area contributed by atoms with E-state index in [2.05, 4.69) is 10.4 Å². The molecule has 2 aromatic rings. The van der Waals surface area contributed by atoms with E-state index in [1.807, 2.05) is 47.4 Å². The first-order chi connectivity index (χ1) is 9.54. The van der Waals surface area contributed by atoms with Gasteiger partial charge in [-0.15, -0.1) is 0 Å². The molecule has 108 valence electrons. The van der Waals surface area contributed by atoms with E-state index < -0.39 is 9.84 Å². The van der Waals surface area contributed by atoms with Crippen LogP contribution >= 0.6 is 0 Å². The number of nitrogens with zero attached hydrogens (tertiary/aromatic N) is 2. The summed E-state index contributed by atoms with van der Waals surface area (Å²) in [6.45, 7) is 1.90. The minimum Gasteiger partial charge on any atom is -0.314 e. The summed E-state index contributed by atoms with van der Waals surface area (Å²) in [4.78, 5) is 0. The fraction of sp³-hybridized carbons (Fsp3) is 0.357. The number of nitrogens with one attached hydrogen (secondary N) is 1. The lowest BCUT2D eigenvalue weighted by molar-refractivity contribution is 0.560. The molecule has 0 aliphatic heterocycles. The van der Waals surface area contributed by atoms with Crippen LogP contribution in [0.3, 0.4) is 0 Å². The summed E-state index contributed by atoms with van der Waals surface area (Å²) < 4.78 is 23.8. The molecule has 0 spiro atoms. The number of sulfone groups is 1. The molecule has 1 heterocycles. The number of benzene rings is 1. The van der Waals surface area contributed by atoms with E-state index in [0.717, 1.165) is 17.7 Å². The first-order valence-electron chi connectivity index (χ1n) is 6.51. The van der Waals surface area contributed by atoms with Gasteiger partial charge in [0.05, 0.1) is 18.5 Å². The van der Waals surface area contributed by atoms with E-state index in [1.165, 1.54) is 6.26 Å². The van der Waals surface area contributed by atoms with Crippen molar-refractivity contribution in [1.82, 2.24) is 15.1 Å². The van der Waals surface area contributed by atoms with Crippen LogP contribution in [-0.4, -0.2) is 43.3 Å². The Morgan fingerprint density at radius 3 is 2.60 bits per heavy atom. The molecule has 0 aliphatic carbocycles. The molecule has 5 nitrogen and oxygen atoms in total. The Kier molecular flexibility index (Phi) is 4.92. The van der Waals surface area contributed by atoms with Crippen molar-refractivity contribution in [2.45, 2.75) is 6.54 Å². The van der Waals surface area contributed by atoms with Crippen LogP contribution in [0.15, 0.2) is 42.7 Å². The summed E-state index contributed by atoms with van der Waals surface area (Å²) >= 11 is 0. The van der Waals surface area contributed by atoms with Crippen molar-refractivity contribution in [3.8, 4) is 11.1 Å². The van der Waals surface area contributed by atoms with Crippen molar-refractivity contribution >= 4 is 9.84 Å². The first kappa shape index (κ1) is 14.7. The molecule has 0 saturated heterocycles. The molecular formula is C14H19N3O2S. The Morgan fingerprint density at radius 1 is 1.15 bits per heavy atom. The predicted octanol–water partition coefficient (Wildman–Crippen LogP) is 1.18. The minimum absolute atomic E-state index is 0.168. The molecule has 1 aromatic carbocycles. The van der Waals surface area contributed by atoms with Gasteiger partial charge >= 0.3 is 0 Å². The van der Waals surface area contributed by atoms with Gasteiger partial charge in [-0.25, -0.2) is 8.42 Å². The lowest BCUT2D eigenvalue weighted by Gasteiger charge is -2.04. The highest BCUT2D eigenvalue weighted by atomic mass is 32.2. The third-order valence-corrected chi connectivity index (χ3v) is 3.85. The summed E-state index contributed by atoms with van der Waals surface area (Å²) in [5.74, 6) is 0.168. The van der Waals surface area contributed by atoms with Crippen molar-refractivity contribution in [2.75, 3.05) is 25.1 Å². The van der Waals surface area contributed by atoms with E-state index in [9.17, 15) is 8.42 Å². The highest BCUT2D eigenvalue weighted by Gasteiger charge is 2.02. The van der Waals surface area contributed by atoms with Gasteiger partial charge in [-0.3, -0.25) is 4.68 Å². The molecule has 0 unspecified atom stereocenters. The topological polar surface area (TPSA) is 64.0 Å². The van der Waals surface area contributed by atoms with E-state index in [0.29, 0.717) is 13.1 Å². The highest BCUT2D eigenvalue weighted by molar-refractivity contribution is 7.90. The zero-order chi connectivity index (χ0) is 14.4. The third kappa shape index (κ3) is 4.79. The molecular weight excluding hydrogens is 274 g/mol. The van der Waals surface area contributed by atoms with E-state index in [4.69, 9.17) is 0 Å². The lowest BCUT2D eigenvalue weighted by Crippen LogP contribution is -2.25.